The molecule has 7 nitrogen and oxygen atoms in total. The average molecular weight is 462 g/mol. The minimum atomic E-state index is -0.391. The summed E-state index contributed by atoms with van der Waals surface area (Å²) in [5.74, 6) is 1.66. The van der Waals surface area contributed by atoms with Gasteiger partial charge in [-0.3, -0.25) is 4.79 Å². The van der Waals surface area contributed by atoms with Crippen molar-refractivity contribution in [1.82, 2.24) is 9.88 Å². The molecule has 0 spiro atoms. The van der Waals surface area contributed by atoms with Crippen LogP contribution in [0.3, 0.4) is 0 Å². The Morgan fingerprint density at radius 2 is 1.88 bits per heavy atom. The summed E-state index contributed by atoms with van der Waals surface area (Å²) in [4.78, 5) is 34.1. The third-order valence-corrected chi connectivity index (χ3v) is 6.32. The van der Waals surface area contributed by atoms with Crippen molar-refractivity contribution >= 4 is 22.7 Å². The molecule has 2 aromatic heterocycles. The maximum absolute atomic E-state index is 12.9. The Labute approximate surface area is 199 Å². The number of ether oxygens (including phenoxy) is 1. The van der Waals surface area contributed by atoms with Crippen molar-refractivity contribution in [3.63, 3.8) is 0 Å². The number of pyridine rings is 1. The SMILES string of the molecule is C=C(C)COc1ccc2c(C)c(CCC(=O)N3CCN(c4ccccn4)CC3)c(=O)oc2c1C. The molecular formula is C27H31N3O4. The number of fused-ring (bicyclic) bond motifs is 1. The number of hydrogen-bond acceptors (Lipinski definition) is 6. The van der Waals surface area contributed by atoms with E-state index in [9.17, 15) is 9.59 Å². The second-order valence-electron chi connectivity index (χ2n) is 8.86. The number of aromatic nitrogens is 1. The van der Waals surface area contributed by atoms with Gasteiger partial charge in [0.1, 0.15) is 23.8 Å². The number of carbonyl (C=O) groups excluding carboxylic acids is 1. The van der Waals surface area contributed by atoms with E-state index >= 15 is 0 Å². The Morgan fingerprint density at radius 3 is 2.56 bits per heavy atom. The van der Waals surface area contributed by atoms with Gasteiger partial charge in [0.05, 0.1) is 0 Å². The zero-order valence-electron chi connectivity index (χ0n) is 20.1. The van der Waals surface area contributed by atoms with Crippen LogP contribution in [0.15, 0.2) is 57.9 Å². The fraction of sp³-hybridized carbons (Fsp3) is 0.370. The summed E-state index contributed by atoms with van der Waals surface area (Å²) in [7, 11) is 0. The van der Waals surface area contributed by atoms with Crippen LogP contribution in [0.4, 0.5) is 5.82 Å². The lowest BCUT2D eigenvalue weighted by atomic mass is 10.00. The van der Waals surface area contributed by atoms with Crippen molar-refractivity contribution in [1.29, 1.82) is 0 Å². The quantitative estimate of drug-likeness (QED) is 0.390. The fourth-order valence-corrected chi connectivity index (χ4v) is 4.33. The first-order chi connectivity index (χ1) is 16.3. The Kier molecular flexibility index (Phi) is 7.01. The van der Waals surface area contributed by atoms with Crippen molar-refractivity contribution < 1.29 is 13.9 Å². The van der Waals surface area contributed by atoms with E-state index in [0.29, 0.717) is 43.0 Å². The maximum Gasteiger partial charge on any atom is 0.339 e. The molecule has 1 amide bonds. The molecule has 0 radical (unpaired) electrons. The summed E-state index contributed by atoms with van der Waals surface area (Å²) in [6, 6.07) is 9.65. The molecule has 0 aliphatic carbocycles. The number of amides is 1. The summed E-state index contributed by atoms with van der Waals surface area (Å²) in [5, 5.41) is 0.867. The Hall–Kier alpha value is -3.61. The van der Waals surface area contributed by atoms with Crippen LogP contribution in [-0.2, 0) is 11.2 Å². The van der Waals surface area contributed by atoms with Gasteiger partial charge in [-0.15, -0.1) is 0 Å². The van der Waals surface area contributed by atoms with Crippen molar-refractivity contribution in [2.75, 3.05) is 37.7 Å². The van der Waals surface area contributed by atoms with E-state index in [1.807, 2.05) is 56.0 Å². The normalized spacial score (nSPS) is 13.9. The van der Waals surface area contributed by atoms with Crippen LogP contribution < -0.4 is 15.3 Å². The molecule has 0 saturated carbocycles. The van der Waals surface area contributed by atoms with Crippen molar-refractivity contribution in [3.05, 3.63) is 75.8 Å². The van der Waals surface area contributed by atoms with Gasteiger partial charge in [-0.1, -0.05) is 12.6 Å². The van der Waals surface area contributed by atoms with E-state index in [1.54, 1.807) is 6.20 Å². The lowest BCUT2D eigenvalue weighted by Crippen LogP contribution is -2.49. The molecule has 1 aromatic carbocycles. The molecule has 1 saturated heterocycles. The molecular weight excluding hydrogens is 430 g/mol. The van der Waals surface area contributed by atoms with Gasteiger partial charge in [-0.05, 0) is 62.6 Å². The summed E-state index contributed by atoms with van der Waals surface area (Å²) >= 11 is 0. The molecule has 3 aromatic rings. The summed E-state index contributed by atoms with van der Waals surface area (Å²) in [6.07, 6.45) is 2.41. The van der Waals surface area contributed by atoms with Crippen LogP contribution in [0, 0.1) is 13.8 Å². The number of carbonyl (C=O) groups is 1. The molecule has 1 fully saturated rings. The number of aryl methyl sites for hydroxylation is 2. The van der Waals surface area contributed by atoms with E-state index in [4.69, 9.17) is 9.15 Å². The molecule has 7 heteroatoms. The fourth-order valence-electron chi connectivity index (χ4n) is 4.33. The van der Waals surface area contributed by atoms with Crippen LogP contribution in [-0.4, -0.2) is 48.6 Å². The number of piperazine rings is 1. The number of rotatable bonds is 7. The van der Waals surface area contributed by atoms with E-state index in [-0.39, 0.29) is 12.3 Å². The summed E-state index contributed by atoms with van der Waals surface area (Å²) in [5.41, 5.74) is 3.25. The predicted octanol–water partition coefficient (Wildman–Crippen LogP) is 4.04. The molecule has 0 unspecified atom stereocenters. The highest BCUT2D eigenvalue weighted by Crippen LogP contribution is 2.30. The largest absolute Gasteiger partial charge is 0.489 e. The molecule has 4 rings (SSSR count). The van der Waals surface area contributed by atoms with Crippen LogP contribution in [0.25, 0.3) is 11.0 Å². The Bertz CT molecular complexity index is 1260. The summed E-state index contributed by atoms with van der Waals surface area (Å²) < 4.78 is 11.5. The lowest BCUT2D eigenvalue weighted by Gasteiger charge is -2.35. The molecule has 0 N–H and O–H groups in total. The van der Waals surface area contributed by atoms with Crippen LogP contribution in [0.2, 0.25) is 0 Å². The summed E-state index contributed by atoms with van der Waals surface area (Å²) in [6.45, 7) is 12.7. The molecule has 1 aliphatic rings. The standard InChI is InChI=1S/C27H31N3O4/c1-18(2)17-33-23-10-8-21-19(3)22(27(32)34-26(21)20(23)4)9-11-25(31)30-15-13-29(14-16-30)24-7-5-6-12-28-24/h5-8,10,12H,1,9,11,13-17H2,2-4H3. The molecule has 0 bridgehead atoms. The van der Waals surface area contributed by atoms with E-state index in [0.717, 1.165) is 41.0 Å². The first-order valence-corrected chi connectivity index (χ1v) is 11.6. The smallest absolute Gasteiger partial charge is 0.339 e. The molecule has 178 valence electrons. The molecule has 34 heavy (non-hydrogen) atoms. The van der Waals surface area contributed by atoms with Gasteiger partial charge in [-0.2, -0.15) is 0 Å². The predicted molar refractivity (Wildman–Crippen MR) is 134 cm³/mol. The van der Waals surface area contributed by atoms with Crippen molar-refractivity contribution in [2.24, 2.45) is 0 Å². The monoisotopic (exact) mass is 461 g/mol. The highest BCUT2D eigenvalue weighted by atomic mass is 16.5. The maximum atomic E-state index is 12.9. The van der Waals surface area contributed by atoms with Crippen LogP contribution >= 0.6 is 0 Å². The van der Waals surface area contributed by atoms with E-state index in [2.05, 4.69) is 16.5 Å². The topological polar surface area (TPSA) is 75.9 Å². The van der Waals surface area contributed by atoms with Gasteiger partial charge in [0.25, 0.3) is 0 Å². The van der Waals surface area contributed by atoms with Gasteiger partial charge < -0.3 is 19.0 Å². The van der Waals surface area contributed by atoms with Crippen molar-refractivity contribution in [2.45, 2.75) is 33.6 Å². The highest BCUT2D eigenvalue weighted by molar-refractivity contribution is 5.86. The second-order valence-corrected chi connectivity index (χ2v) is 8.86. The highest BCUT2D eigenvalue weighted by Gasteiger charge is 2.23. The first kappa shape index (κ1) is 23.5. The van der Waals surface area contributed by atoms with Gasteiger partial charge in [-0.25, -0.2) is 9.78 Å². The minimum Gasteiger partial charge on any atom is -0.489 e. The van der Waals surface area contributed by atoms with Crippen LogP contribution in [0.5, 0.6) is 5.75 Å². The van der Waals surface area contributed by atoms with Gasteiger partial charge in [0.2, 0.25) is 5.91 Å². The minimum absolute atomic E-state index is 0.0549. The van der Waals surface area contributed by atoms with E-state index < -0.39 is 5.63 Å². The third-order valence-electron chi connectivity index (χ3n) is 6.32. The van der Waals surface area contributed by atoms with Gasteiger partial charge >= 0.3 is 5.63 Å². The lowest BCUT2D eigenvalue weighted by molar-refractivity contribution is -0.131. The van der Waals surface area contributed by atoms with Gasteiger partial charge in [0, 0.05) is 55.3 Å². The third kappa shape index (κ3) is 4.98. The number of nitrogens with zero attached hydrogens (tertiary/aromatic N) is 3. The van der Waals surface area contributed by atoms with Crippen LogP contribution in [0.1, 0.15) is 30.0 Å². The second kappa shape index (κ2) is 10.1. The van der Waals surface area contributed by atoms with Gasteiger partial charge in [0.15, 0.2) is 0 Å². The Morgan fingerprint density at radius 1 is 1.12 bits per heavy atom. The molecule has 1 aliphatic heterocycles. The zero-order valence-corrected chi connectivity index (χ0v) is 20.1. The number of hydrogen-bond donors (Lipinski definition) is 0. The Balaban J connectivity index is 1.43. The van der Waals surface area contributed by atoms with Crippen molar-refractivity contribution in [3.8, 4) is 5.75 Å². The first-order valence-electron chi connectivity index (χ1n) is 11.6. The average Bonchev–Trinajstić information content (AvgIpc) is 2.84. The number of anilines is 1. The molecule has 3 heterocycles. The molecule has 0 atom stereocenters. The van der Waals surface area contributed by atoms with E-state index in [1.165, 1.54) is 0 Å². The number of benzene rings is 1. The zero-order chi connectivity index (χ0) is 24.2.